The highest BCUT2D eigenvalue weighted by molar-refractivity contribution is 7.10. The molecule has 0 aliphatic rings. The fourth-order valence-corrected chi connectivity index (χ4v) is 3.19. The number of carbonyl (C=O) groups is 2. The maximum Gasteiger partial charge on any atom is 0.350 e. The highest BCUT2D eigenvalue weighted by Crippen LogP contribution is 2.22. The number of hydrogen-bond acceptors (Lipinski definition) is 6. The van der Waals surface area contributed by atoms with Gasteiger partial charge in [0.15, 0.2) is 5.65 Å². The van der Waals surface area contributed by atoms with Gasteiger partial charge in [0.2, 0.25) is 5.91 Å². The number of esters is 1. The number of ether oxygens (including phenoxy) is 1. The molecule has 130 valence electrons. The van der Waals surface area contributed by atoms with Crippen molar-refractivity contribution in [2.75, 3.05) is 7.11 Å². The molecule has 0 saturated carbocycles. The quantitative estimate of drug-likeness (QED) is 0.661. The van der Waals surface area contributed by atoms with Crippen LogP contribution in [0.15, 0.2) is 46.7 Å². The maximum atomic E-state index is 12.3. The van der Waals surface area contributed by atoms with Crippen LogP contribution in [0, 0.1) is 0 Å². The molecule has 1 atom stereocenters. The van der Waals surface area contributed by atoms with Crippen molar-refractivity contribution in [2.45, 2.75) is 19.0 Å². The van der Waals surface area contributed by atoms with E-state index < -0.39 is 23.6 Å². The Kier molecular flexibility index (Phi) is 4.94. The molecule has 1 amide bonds. The van der Waals surface area contributed by atoms with Gasteiger partial charge in [-0.25, -0.2) is 9.48 Å². The average molecular weight is 360 g/mol. The molecule has 0 aromatic carbocycles. The molecule has 0 spiro atoms. The zero-order valence-corrected chi connectivity index (χ0v) is 14.2. The summed E-state index contributed by atoms with van der Waals surface area (Å²) >= 11 is 1.43. The lowest BCUT2D eigenvalue weighted by molar-refractivity contribution is -0.141. The molecule has 0 saturated heterocycles. The summed E-state index contributed by atoms with van der Waals surface area (Å²) < 4.78 is 7.13. The number of aromatic nitrogens is 3. The Labute approximate surface area is 146 Å². The van der Waals surface area contributed by atoms with E-state index in [1.165, 1.54) is 22.8 Å². The van der Waals surface area contributed by atoms with Gasteiger partial charge in [-0.2, -0.15) is 0 Å². The molecule has 3 heterocycles. The van der Waals surface area contributed by atoms with Gasteiger partial charge in [-0.3, -0.25) is 14.0 Å². The highest BCUT2D eigenvalue weighted by atomic mass is 32.1. The molecule has 25 heavy (non-hydrogen) atoms. The van der Waals surface area contributed by atoms with E-state index in [9.17, 15) is 14.4 Å². The van der Waals surface area contributed by atoms with Crippen molar-refractivity contribution in [2.24, 2.45) is 0 Å². The number of amides is 1. The molecular formula is C16H16N4O4S. The van der Waals surface area contributed by atoms with Gasteiger partial charge in [0.25, 0.3) is 0 Å². The number of methoxy groups -OCH3 is 1. The SMILES string of the molecule is COC(=O)CC(NC(=O)Cn1nc2ccccn2c1=O)c1cccs1. The van der Waals surface area contributed by atoms with Crippen LogP contribution in [0.5, 0.6) is 0 Å². The minimum absolute atomic E-state index is 0.0167. The molecule has 3 aromatic heterocycles. The molecule has 0 bridgehead atoms. The van der Waals surface area contributed by atoms with E-state index in [0.29, 0.717) is 5.65 Å². The Morgan fingerprint density at radius 1 is 1.32 bits per heavy atom. The lowest BCUT2D eigenvalue weighted by Gasteiger charge is -2.16. The lowest BCUT2D eigenvalue weighted by Crippen LogP contribution is -2.35. The monoisotopic (exact) mass is 360 g/mol. The number of hydrogen-bond donors (Lipinski definition) is 1. The van der Waals surface area contributed by atoms with E-state index in [4.69, 9.17) is 0 Å². The third-order valence-corrected chi connectivity index (χ3v) is 4.59. The Morgan fingerprint density at radius 3 is 2.84 bits per heavy atom. The smallest absolute Gasteiger partial charge is 0.350 e. The molecule has 9 heteroatoms. The Balaban J connectivity index is 1.75. The van der Waals surface area contributed by atoms with Crippen LogP contribution in [0.4, 0.5) is 0 Å². The van der Waals surface area contributed by atoms with Gasteiger partial charge in [0, 0.05) is 11.1 Å². The maximum absolute atomic E-state index is 12.3. The fraction of sp³-hybridized carbons (Fsp3) is 0.250. The van der Waals surface area contributed by atoms with Crippen molar-refractivity contribution in [3.63, 3.8) is 0 Å². The lowest BCUT2D eigenvalue weighted by atomic mass is 10.1. The predicted molar refractivity (Wildman–Crippen MR) is 91.3 cm³/mol. The van der Waals surface area contributed by atoms with Gasteiger partial charge in [0.1, 0.15) is 6.54 Å². The summed E-state index contributed by atoms with van der Waals surface area (Å²) in [5.41, 5.74) is 0.0658. The topological polar surface area (TPSA) is 94.7 Å². The average Bonchev–Trinajstić information content (AvgIpc) is 3.24. The molecule has 1 unspecified atom stereocenters. The number of carbonyl (C=O) groups excluding carboxylic acids is 2. The van der Waals surface area contributed by atoms with Crippen molar-refractivity contribution in [1.82, 2.24) is 19.5 Å². The van der Waals surface area contributed by atoms with Crippen molar-refractivity contribution >= 4 is 28.9 Å². The minimum atomic E-state index is -0.507. The molecule has 0 radical (unpaired) electrons. The first-order valence-corrected chi connectivity index (χ1v) is 8.40. The van der Waals surface area contributed by atoms with Crippen molar-refractivity contribution in [1.29, 1.82) is 0 Å². The van der Waals surface area contributed by atoms with Gasteiger partial charge in [-0.1, -0.05) is 12.1 Å². The summed E-state index contributed by atoms with van der Waals surface area (Å²) in [5.74, 6) is -0.837. The molecule has 0 aliphatic carbocycles. The van der Waals surface area contributed by atoms with Crippen LogP contribution in [0.25, 0.3) is 5.65 Å². The van der Waals surface area contributed by atoms with Gasteiger partial charge < -0.3 is 10.1 Å². The standard InChI is InChI=1S/C16H16N4O4S/c1-24-15(22)9-11(12-5-4-8-25-12)17-14(21)10-20-16(23)19-7-3-2-6-13(19)18-20/h2-8,11H,9-10H2,1H3,(H,17,21). The molecule has 3 aromatic rings. The molecule has 3 rings (SSSR count). The predicted octanol–water partition coefficient (Wildman–Crippen LogP) is 0.978. The second kappa shape index (κ2) is 7.31. The molecular weight excluding hydrogens is 344 g/mol. The number of fused-ring (bicyclic) bond motifs is 1. The van der Waals surface area contributed by atoms with E-state index in [0.717, 1.165) is 9.56 Å². The normalized spacial score (nSPS) is 12.0. The van der Waals surface area contributed by atoms with Crippen molar-refractivity contribution in [3.8, 4) is 0 Å². The van der Waals surface area contributed by atoms with Crippen molar-refractivity contribution < 1.29 is 14.3 Å². The third kappa shape index (κ3) is 3.77. The first kappa shape index (κ1) is 16.9. The van der Waals surface area contributed by atoms with Crippen LogP contribution < -0.4 is 11.0 Å². The van der Waals surface area contributed by atoms with E-state index in [-0.39, 0.29) is 13.0 Å². The largest absolute Gasteiger partial charge is 0.469 e. The molecule has 0 aliphatic heterocycles. The van der Waals surface area contributed by atoms with Gasteiger partial charge in [-0.05, 0) is 23.6 Å². The summed E-state index contributed by atoms with van der Waals surface area (Å²) in [6.45, 7) is -0.233. The first-order valence-electron chi connectivity index (χ1n) is 7.52. The second-order valence-electron chi connectivity index (χ2n) is 5.28. The Bertz CT molecular complexity index is 945. The molecule has 0 fully saturated rings. The third-order valence-electron chi connectivity index (χ3n) is 3.60. The first-order chi connectivity index (χ1) is 12.1. The van der Waals surface area contributed by atoms with E-state index in [1.807, 2.05) is 17.5 Å². The van der Waals surface area contributed by atoms with Crippen LogP contribution >= 0.6 is 11.3 Å². The number of thiophene rings is 1. The van der Waals surface area contributed by atoms with Gasteiger partial charge in [-0.15, -0.1) is 16.4 Å². The second-order valence-corrected chi connectivity index (χ2v) is 6.26. The van der Waals surface area contributed by atoms with E-state index in [1.54, 1.807) is 24.4 Å². The van der Waals surface area contributed by atoms with Gasteiger partial charge in [0.05, 0.1) is 19.6 Å². The number of pyridine rings is 1. The van der Waals surface area contributed by atoms with Crippen LogP contribution in [-0.4, -0.2) is 33.2 Å². The van der Waals surface area contributed by atoms with Crippen LogP contribution in [0.2, 0.25) is 0 Å². The Morgan fingerprint density at radius 2 is 2.16 bits per heavy atom. The summed E-state index contributed by atoms with van der Waals surface area (Å²) in [6, 6.07) is 8.31. The van der Waals surface area contributed by atoms with Gasteiger partial charge >= 0.3 is 11.7 Å². The van der Waals surface area contributed by atoms with E-state index >= 15 is 0 Å². The summed E-state index contributed by atoms with van der Waals surface area (Å²) in [5, 5.41) is 8.74. The van der Waals surface area contributed by atoms with Crippen LogP contribution in [-0.2, 0) is 20.9 Å². The number of nitrogens with zero attached hydrogens (tertiary/aromatic N) is 3. The van der Waals surface area contributed by atoms with Crippen LogP contribution in [0.1, 0.15) is 17.3 Å². The summed E-state index contributed by atoms with van der Waals surface area (Å²) in [6.07, 6.45) is 1.60. The molecule has 1 N–H and O–H groups in total. The highest BCUT2D eigenvalue weighted by Gasteiger charge is 2.20. The van der Waals surface area contributed by atoms with Crippen molar-refractivity contribution in [3.05, 3.63) is 57.3 Å². The zero-order valence-electron chi connectivity index (χ0n) is 13.4. The summed E-state index contributed by atoms with van der Waals surface area (Å²) in [4.78, 5) is 37.0. The summed E-state index contributed by atoms with van der Waals surface area (Å²) in [7, 11) is 1.30. The minimum Gasteiger partial charge on any atom is -0.469 e. The Hall–Kier alpha value is -2.94. The van der Waals surface area contributed by atoms with E-state index in [2.05, 4.69) is 15.2 Å². The number of nitrogens with one attached hydrogen (secondary N) is 1. The number of rotatable bonds is 6. The van der Waals surface area contributed by atoms with Crippen LogP contribution in [0.3, 0.4) is 0 Å². The fourth-order valence-electron chi connectivity index (χ4n) is 2.41. The molecule has 8 nitrogen and oxygen atoms in total. The zero-order chi connectivity index (χ0) is 17.8.